The number of nitrogen functional groups attached to an aromatic ring is 1. The van der Waals surface area contributed by atoms with E-state index >= 15 is 0 Å². The van der Waals surface area contributed by atoms with Gasteiger partial charge >= 0.3 is 0 Å². The third-order valence-corrected chi connectivity index (χ3v) is 8.36. The molecule has 44 heavy (non-hydrogen) atoms. The first-order valence-corrected chi connectivity index (χ1v) is 15.5. The normalized spacial score (nSPS) is 23.3. The predicted octanol–water partition coefficient (Wildman–Crippen LogP) is 4.75. The number of hydrogen-bond acceptors (Lipinski definition) is 10. The monoisotopic (exact) mass is 613 g/mol. The molecule has 228 valence electrons. The molecule has 1 fully saturated rings. The molecular weight excluding hydrogens is 578 g/mol. The lowest BCUT2D eigenvalue weighted by Gasteiger charge is -2.39. The van der Waals surface area contributed by atoms with E-state index in [4.69, 9.17) is 24.7 Å². The second-order valence-electron chi connectivity index (χ2n) is 10.8. The van der Waals surface area contributed by atoms with Gasteiger partial charge in [-0.25, -0.2) is 14.5 Å². The van der Waals surface area contributed by atoms with E-state index in [1.807, 2.05) is 97.3 Å². The summed E-state index contributed by atoms with van der Waals surface area (Å²) in [7, 11) is 0. The van der Waals surface area contributed by atoms with Crippen LogP contribution in [0.3, 0.4) is 0 Å². The molecule has 0 aliphatic carbocycles. The minimum Gasteiger partial charge on any atom is -0.380 e. The molecule has 0 saturated carbocycles. The van der Waals surface area contributed by atoms with Crippen LogP contribution in [0.5, 0.6) is 0 Å². The van der Waals surface area contributed by atoms with Gasteiger partial charge in [-0.05, 0) is 29.9 Å². The molecule has 0 radical (unpaired) electrons. The summed E-state index contributed by atoms with van der Waals surface area (Å²) in [4.78, 5) is 8.75. The Labute approximate surface area is 260 Å². The number of rotatable bonds is 12. The predicted molar refractivity (Wildman–Crippen MR) is 166 cm³/mol. The minimum atomic E-state index is -2.07. The summed E-state index contributed by atoms with van der Waals surface area (Å²) >= 11 is 1.33. The van der Waals surface area contributed by atoms with Gasteiger partial charge in [0.25, 0.3) is 0 Å². The van der Waals surface area contributed by atoms with Gasteiger partial charge in [0, 0.05) is 0 Å². The molecule has 0 amide bonds. The van der Waals surface area contributed by atoms with Crippen LogP contribution in [0, 0.1) is 0 Å². The highest BCUT2D eigenvalue weighted by atomic mass is 32.2. The van der Waals surface area contributed by atoms with Crippen molar-refractivity contribution in [3.8, 4) is 0 Å². The molecule has 0 spiro atoms. The number of ether oxygens (including phenoxy) is 4. The van der Waals surface area contributed by atoms with Crippen LogP contribution in [0.1, 0.15) is 29.3 Å². The first-order chi connectivity index (χ1) is 21.4. The van der Waals surface area contributed by atoms with Crippen LogP contribution in [-0.2, 0) is 44.6 Å². The third kappa shape index (κ3) is 5.94. The van der Waals surface area contributed by atoms with Crippen molar-refractivity contribution in [2.45, 2.75) is 55.5 Å². The second kappa shape index (κ2) is 13.0. The summed E-state index contributed by atoms with van der Waals surface area (Å²) in [5.74, 6) is -1.89. The summed E-state index contributed by atoms with van der Waals surface area (Å²) in [5, 5.41) is 17.7. The van der Waals surface area contributed by atoms with Crippen molar-refractivity contribution in [2.75, 3.05) is 18.6 Å². The van der Waals surface area contributed by atoms with Gasteiger partial charge in [0.15, 0.2) is 17.1 Å². The number of fused-ring (bicyclic) bond motifs is 1. The van der Waals surface area contributed by atoms with E-state index in [1.165, 1.54) is 22.5 Å². The van der Waals surface area contributed by atoms with Gasteiger partial charge in [0.2, 0.25) is 10.9 Å². The van der Waals surface area contributed by atoms with Crippen LogP contribution in [0.2, 0.25) is 0 Å². The van der Waals surface area contributed by atoms with Crippen LogP contribution in [0.25, 0.3) is 5.65 Å². The third-order valence-electron chi connectivity index (χ3n) is 7.82. The Morgan fingerprint density at radius 1 is 0.909 bits per heavy atom. The standard InChI is InChI=1S/C33H35N5O5S/c1-32(42-21-25-16-10-5-11-17-25)28(41-20-24-14-8-4-9-15-24)26(22-40-19-23-12-6-3-7-13-23)43-33(32,39)27-18-35-30-29(34)36-31(44-2)37-38(27)30/h3-18,26,28,39H,19-22H2,1-2H3,(H2,34,36,37)/t26?,28-,32-,33+/m1/s1. The maximum absolute atomic E-state index is 12.7. The van der Waals surface area contributed by atoms with Crippen LogP contribution >= 0.6 is 11.8 Å². The van der Waals surface area contributed by atoms with Gasteiger partial charge in [-0.15, -0.1) is 5.10 Å². The van der Waals surface area contributed by atoms with Crippen molar-refractivity contribution in [1.82, 2.24) is 19.6 Å². The van der Waals surface area contributed by atoms with E-state index in [0.29, 0.717) is 17.4 Å². The summed E-state index contributed by atoms with van der Waals surface area (Å²) in [6.45, 7) is 2.74. The lowest BCUT2D eigenvalue weighted by Crippen LogP contribution is -2.55. The number of hydrogen-bond donors (Lipinski definition) is 2. The van der Waals surface area contributed by atoms with Gasteiger partial charge in [-0.2, -0.15) is 0 Å². The lowest BCUT2D eigenvalue weighted by molar-refractivity contribution is -0.294. The summed E-state index contributed by atoms with van der Waals surface area (Å²) in [6, 6.07) is 29.5. The molecule has 1 saturated heterocycles. The highest BCUT2D eigenvalue weighted by Gasteiger charge is 2.67. The molecule has 0 bridgehead atoms. The zero-order valence-electron chi connectivity index (χ0n) is 24.6. The average molecular weight is 614 g/mol. The second-order valence-corrected chi connectivity index (χ2v) is 11.5. The van der Waals surface area contributed by atoms with Gasteiger partial charge in [0.1, 0.15) is 17.9 Å². The number of anilines is 1. The number of nitrogens with two attached hydrogens (primary N) is 1. The maximum atomic E-state index is 12.7. The molecule has 4 atom stereocenters. The fraction of sp³-hybridized carbons (Fsp3) is 0.303. The number of imidazole rings is 1. The van der Waals surface area contributed by atoms with Crippen LogP contribution in [-0.4, -0.2) is 55.4 Å². The lowest BCUT2D eigenvalue weighted by atomic mass is 9.87. The summed E-state index contributed by atoms with van der Waals surface area (Å²) in [5.41, 5.74) is 8.23. The van der Waals surface area contributed by atoms with E-state index in [9.17, 15) is 5.11 Å². The molecule has 3 heterocycles. The number of aromatic nitrogens is 4. The van der Waals surface area contributed by atoms with E-state index in [0.717, 1.165) is 16.7 Å². The van der Waals surface area contributed by atoms with Gasteiger partial charge in [-0.3, -0.25) is 0 Å². The number of nitrogens with zero attached hydrogens (tertiary/aromatic N) is 4. The Morgan fingerprint density at radius 3 is 2.11 bits per heavy atom. The molecular formula is C33H35N5O5S. The Morgan fingerprint density at radius 2 is 1.50 bits per heavy atom. The van der Waals surface area contributed by atoms with Crippen molar-refractivity contribution in [1.29, 1.82) is 0 Å². The van der Waals surface area contributed by atoms with E-state index < -0.39 is 23.6 Å². The average Bonchev–Trinajstić information content (AvgIpc) is 3.58. The van der Waals surface area contributed by atoms with Crippen molar-refractivity contribution in [3.63, 3.8) is 0 Å². The molecule has 1 aliphatic heterocycles. The van der Waals surface area contributed by atoms with Crippen molar-refractivity contribution < 1.29 is 24.1 Å². The number of aliphatic hydroxyl groups is 1. The fourth-order valence-corrected chi connectivity index (χ4v) is 5.82. The van der Waals surface area contributed by atoms with Crippen LogP contribution < -0.4 is 5.73 Å². The van der Waals surface area contributed by atoms with Gasteiger partial charge in [0.05, 0.1) is 32.6 Å². The molecule has 5 aromatic rings. The Hall–Kier alpha value is -3.84. The SMILES string of the molecule is CSc1nc(N)c2ncc([C@]3(O)OC(COCc4ccccc4)[C@@H](OCc4ccccc4)[C@@]3(C)OCc3ccccc3)n2n1. The molecule has 3 N–H and O–H groups in total. The van der Waals surface area contributed by atoms with E-state index in [-0.39, 0.29) is 31.3 Å². The maximum Gasteiger partial charge on any atom is 0.244 e. The summed E-state index contributed by atoms with van der Waals surface area (Å²) in [6.07, 6.45) is 1.85. The zero-order valence-corrected chi connectivity index (χ0v) is 25.4. The van der Waals surface area contributed by atoms with Gasteiger partial charge in [-0.1, -0.05) is 103 Å². The highest BCUT2D eigenvalue weighted by Crippen LogP contribution is 2.49. The zero-order chi connectivity index (χ0) is 30.6. The fourth-order valence-electron chi connectivity index (χ4n) is 5.46. The molecule has 1 unspecified atom stereocenters. The Bertz CT molecular complexity index is 1680. The Balaban J connectivity index is 1.40. The van der Waals surface area contributed by atoms with Crippen LogP contribution in [0.4, 0.5) is 5.82 Å². The number of benzene rings is 3. The molecule has 10 nitrogen and oxygen atoms in total. The molecule has 2 aromatic heterocycles. The topological polar surface area (TPSA) is 126 Å². The number of thioether (sulfide) groups is 1. The minimum absolute atomic E-state index is 0.130. The first kappa shape index (κ1) is 30.2. The quantitative estimate of drug-likeness (QED) is 0.190. The van der Waals surface area contributed by atoms with Crippen molar-refractivity contribution in [3.05, 3.63) is 120 Å². The Kier molecular flexibility index (Phi) is 8.94. The largest absolute Gasteiger partial charge is 0.380 e. The highest BCUT2D eigenvalue weighted by molar-refractivity contribution is 7.98. The van der Waals surface area contributed by atoms with E-state index in [1.54, 1.807) is 6.92 Å². The molecule has 6 rings (SSSR count). The van der Waals surface area contributed by atoms with Crippen molar-refractivity contribution in [2.24, 2.45) is 0 Å². The smallest absolute Gasteiger partial charge is 0.244 e. The first-order valence-electron chi connectivity index (χ1n) is 14.3. The van der Waals surface area contributed by atoms with Gasteiger partial charge < -0.3 is 29.8 Å². The van der Waals surface area contributed by atoms with E-state index in [2.05, 4.69) is 15.1 Å². The summed E-state index contributed by atoms with van der Waals surface area (Å²) < 4.78 is 27.5. The van der Waals surface area contributed by atoms with Crippen molar-refractivity contribution >= 4 is 23.2 Å². The molecule has 3 aromatic carbocycles. The van der Waals surface area contributed by atoms with Crippen LogP contribution in [0.15, 0.2) is 102 Å². The molecule has 11 heteroatoms. The molecule has 1 aliphatic rings.